The molecule has 1 aliphatic rings. The third-order valence-electron chi connectivity index (χ3n) is 5.82. The molecule has 0 unspecified atom stereocenters. The zero-order valence-electron chi connectivity index (χ0n) is 17.7. The summed E-state index contributed by atoms with van der Waals surface area (Å²) in [6.45, 7) is 4.59. The van der Waals surface area contributed by atoms with Crippen molar-refractivity contribution in [2.75, 3.05) is 38.1 Å². The van der Waals surface area contributed by atoms with Gasteiger partial charge in [-0.2, -0.15) is 0 Å². The van der Waals surface area contributed by atoms with Gasteiger partial charge in [-0.3, -0.25) is 0 Å². The third-order valence-corrected chi connectivity index (χ3v) is 5.82. The van der Waals surface area contributed by atoms with Crippen LogP contribution in [0.1, 0.15) is 5.82 Å². The highest BCUT2D eigenvalue weighted by atomic mass is 16.5. The molecule has 0 aliphatic carbocycles. The SMILES string of the molecule is CN1CCN(c2cccc3ccc(OCc4nccc(-c5ccccc5)n4)cc23)CC1. The van der Waals surface area contributed by atoms with Crippen LogP contribution in [0.25, 0.3) is 22.0 Å². The monoisotopic (exact) mass is 410 g/mol. The lowest BCUT2D eigenvalue weighted by molar-refractivity contribution is 0.296. The number of fused-ring (bicyclic) bond motifs is 1. The summed E-state index contributed by atoms with van der Waals surface area (Å²) in [5.41, 5.74) is 3.26. The lowest BCUT2D eigenvalue weighted by atomic mass is 10.1. The van der Waals surface area contributed by atoms with Crippen LogP contribution in [0.5, 0.6) is 5.75 Å². The van der Waals surface area contributed by atoms with Gasteiger partial charge in [-0.05, 0) is 36.7 Å². The predicted molar refractivity (Wildman–Crippen MR) is 125 cm³/mol. The van der Waals surface area contributed by atoms with Gasteiger partial charge in [-0.15, -0.1) is 0 Å². The first-order valence-corrected chi connectivity index (χ1v) is 10.7. The average Bonchev–Trinajstić information content (AvgIpc) is 2.83. The van der Waals surface area contributed by atoms with Crippen LogP contribution in [-0.4, -0.2) is 48.1 Å². The van der Waals surface area contributed by atoms with Crippen molar-refractivity contribution in [3.8, 4) is 17.0 Å². The summed E-state index contributed by atoms with van der Waals surface area (Å²) < 4.78 is 6.10. The van der Waals surface area contributed by atoms with E-state index < -0.39 is 0 Å². The number of anilines is 1. The van der Waals surface area contributed by atoms with Crippen molar-refractivity contribution >= 4 is 16.5 Å². The molecule has 0 radical (unpaired) electrons. The Bertz CT molecular complexity index is 1170. The molecule has 1 aromatic heterocycles. The number of ether oxygens (including phenoxy) is 1. The van der Waals surface area contributed by atoms with Gasteiger partial charge >= 0.3 is 0 Å². The van der Waals surface area contributed by atoms with Gasteiger partial charge in [0, 0.05) is 49.0 Å². The minimum Gasteiger partial charge on any atom is -0.486 e. The summed E-state index contributed by atoms with van der Waals surface area (Å²) in [6, 6.07) is 24.9. The topological polar surface area (TPSA) is 41.5 Å². The molecule has 1 aliphatic heterocycles. The van der Waals surface area contributed by atoms with Crippen molar-refractivity contribution in [3.63, 3.8) is 0 Å². The number of hydrogen-bond donors (Lipinski definition) is 0. The number of likely N-dealkylation sites (N-methyl/N-ethyl adjacent to an activating group) is 1. The van der Waals surface area contributed by atoms with E-state index in [0.29, 0.717) is 12.4 Å². The summed E-state index contributed by atoms with van der Waals surface area (Å²) in [5.74, 6) is 1.51. The van der Waals surface area contributed by atoms with Crippen molar-refractivity contribution in [2.45, 2.75) is 6.61 Å². The number of aromatic nitrogens is 2. The van der Waals surface area contributed by atoms with Crippen molar-refractivity contribution < 1.29 is 4.74 Å². The number of rotatable bonds is 5. The third kappa shape index (κ3) is 4.37. The summed E-state index contributed by atoms with van der Waals surface area (Å²) in [7, 11) is 2.18. The van der Waals surface area contributed by atoms with Gasteiger partial charge in [0.05, 0.1) is 5.69 Å². The Morgan fingerprint density at radius 3 is 2.55 bits per heavy atom. The van der Waals surface area contributed by atoms with Crippen LogP contribution >= 0.6 is 0 Å². The molecule has 5 heteroatoms. The number of hydrogen-bond acceptors (Lipinski definition) is 5. The molecular formula is C26H26N4O. The second kappa shape index (κ2) is 8.74. The first-order valence-electron chi connectivity index (χ1n) is 10.7. The Labute approximate surface area is 182 Å². The summed E-state index contributed by atoms with van der Waals surface area (Å²) in [4.78, 5) is 13.9. The molecule has 0 saturated carbocycles. The Hall–Kier alpha value is -3.44. The number of benzene rings is 3. The van der Waals surface area contributed by atoms with Crippen molar-refractivity contribution in [2.24, 2.45) is 0 Å². The zero-order chi connectivity index (χ0) is 21.0. The molecule has 156 valence electrons. The average molecular weight is 411 g/mol. The molecular weight excluding hydrogens is 384 g/mol. The van der Waals surface area contributed by atoms with Crippen LogP contribution in [0.4, 0.5) is 5.69 Å². The maximum atomic E-state index is 6.10. The molecule has 3 aromatic carbocycles. The molecule has 2 heterocycles. The van der Waals surface area contributed by atoms with Crippen LogP contribution in [0.15, 0.2) is 79.0 Å². The minimum atomic E-state index is 0.336. The smallest absolute Gasteiger partial charge is 0.166 e. The lowest BCUT2D eigenvalue weighted by Gasteiger charge is -2.34. The van der Waals surface area contributed by atoms with Crippen LogP contribution < -0.4 is 9.64 Å². The van der Waals surface area contributed by atoms with E-state index in [4.69, 9.17) is 4.74 Å². The van der Waals surface area contributed by atoms with Crippen LogP contribution in [0.2, 0.25) is 0 Å². The summed E-state index contributed by atoms with van der Waals surface area (Å²) in [6.07, 6.45) is 1.79. The van der Waals surface area contributed by atoms with E-state index in [2.05, 4.69) is 69.3 Å². The molecule has 1 saturated heterocycles. The normalized spacial score (nSPS) is 14.7. The fourth-order valence-corrected chi connectivity index (χ4v) is 4.03. The van der Waals surface area contributed by atoms with E-state index in [-0.39, 0.29) is 0 Å². The molecule has 5 nitrogen and oxygen atoms in total. The van der Waals surface area contributed by atoms with Gasteiger partial charge in [-0.25, -0.2) is 9.97 Å². The molecule has 0 bridgehead atoms. The minimum absolute atomic E-state index is 0.336. The quantitative estimate of drug-likeness (QED) is 0.480. The summed E-state index contributed by atoms with van der Waals surface area (Å²) >= 11 is 0. The summed E-state index contributed by atoms with van der Waals surface area (Å²) in [5, 5.41) is 2.45. The van der Waals surface area contributed by atoms with Gasteiger partial charge in [0.15, 0.2) is 5.82 Å². The second-order valence-electron chi connectivity index (χ2n) is 7.96. The maximum Gasteiger partial charge on any atom is 0.166 e. The molecule has 4 aromatic rings. The fourth-order valence-electron chi connectivity index (χ4n) is 4.03. The number of nitrogens with zero attached hydrogens (tertiary/aromatic N) is 4. The van der Waals surface area contributed by atoms with Crippen molar-refractivity contribution in [3.05, 3.63) is 84.8 Å². The first-order chi connectivity index (χ1) is 15.3. The van der Waals surface area contributed by atoms with Crippen molar-refractivity contribution in [1.82, 2.24) is 14.9 Å². The Kier molecular flexibility index (Phi) is 5.50. The van der Waals surface area contributed by atoms with E-state index >= 15 is 0 Å². The molecule has 0 atom stereocenters. The highest BCUT2D eigenvalue weighted by Crippen LogP contribution is 2.31. The number of piperazine rings is 1. The Balaban J connectivity index is 1.36. The predicted octanol–water partition coefficient (Wildman–Crippen LogP) is 4.63. The second-order valence-corrected chi connectivity index (χ2v) is 7.96. The van der Waals surface area contributed by atoms with E-state index in [1.165, 1.54) is 16.5 Å². The van der Waals surface area contributed by atoms with Gasteiger partial charge in [-0.1, -0.05) is 48.5 Å². The maximum absolute atomic E-state index is 6.10. The Morgan fingerprint density at radius 2 is 1.71 bits per heavy atom. The molecule has 5 rings (SSSR count). The van der Waals surface area contributed by atoms with Crippen molar-refractivity contribution in [1.29, 1.82) is 0 Å². The van der Waals surface area contributed by atoms with E-state index in [0.717, 1.165) is 43.2 Å². The highest BCUT2D eigenvalue weighted by molar-refractivity contribution is 5.95. The van der Waals surface area contributed by atoms with Gasteiger partial charge in [0.2, 0.25) is 0 Å². The van der Waals surface area contributed by atoms with Gasteiger partial charge in [0.25, 0.3) is 0 Å². The lowest BCUT2D eigenvalue weighted by Crippen LogP contribution is -2.44. The van der Waals surface area contributed by atoms with Gasteiger partial charge < -0.3 is 14.5 Å². The van der Waals surface area contributed by atoms with Gasteiger partial charge in [0.1, 0.15) is 12.4 Å². The molecule has 1 fully saturated rings. The largest absolute Gasteiger partial charge is 0.486 e. The van der Waals surface area contributed by atoms with Crippen LogP contribution in [0.3, 0.4) is 0 Å². The highest BCUT2D eigenvalue weighted by Gasteiger charge is 2.16. The first kappa shape index (κ1) is 19.5. The molecule has 0 amide bonds. The van der Waals surface area contributed by atoms with E-state index in [9.17, 15) is 0 Å². The van der Waals surface area contributed by atoms with Crippen LogP contribution in [-0.2, 0) is 6.61 Å². The Morgan fingerprint density at radius 1 is 0.871 bits per heavy atom. The fraction of sp³-hybridized carbons (Fsp3) is 0.231. The van der Waals surface area contributed by atoms with Crippen LogP contribution in [0, 0.1) is 0 Å². The molecule has 31 heavy (non-hydrogen) atoms. The molecule has 0 spiro atoms. The van der Waals surface area contributed by atoms with E-state index in [1.54, 1.807) is 6.20 Å². The van der Waals surface area contributed by atoms with E-state index in [1.807, 2.05) is 30.3 Å². The zero-order valence-corrected chi connectivity index (χ0v) is 17.7. The molecule has 0 N–H and O–H groups in total. The standard InChI is InChI=1S/C26H26N4O/c1-29-14-16-30(17-15-29)25-9-5-8-20-10-11-22(18-23(20)25)31-19-26-27-13-12-24(28-26)21-6-3-2-4-7-21/h2-13,18H,14-17,19H2,1H3.